The first kappa shape index (κ1) is 13.6. The van der Waals surface area contributed by atoms with Crippen molar-refractivity contribution in [3.8, 4) is 0 Å². The molecule has 0 aromatic rings. The van der Waals surface area contributed by atoms with E-state index in [-0.39, 0.29) is 0 Å². The Hall–Kier alpha value is 0.620. The minimum atomic E-state index is 0.307. The molecular weight excluding hydrogens is 262 g/mol. The summed E-state index contributed by atoms with van der Waals surface area (Å²) >= 11 is 4.25. The topological polar surface area (TPSA) is 21.3 Å². The fourth-order valence-corrected chi connectivity index (χ4v) is 6.13. The van der Waals surface area contributed by atoms with Crippen molar-refractivity contribution in [3.63, 3.8) is 0 Å². The Morgan fingerprint density at radius 2 is 2.00 bits per heavy atom. The van der Waals surface area contributed by atoms with Gasteiger partial charge in [-0.3, -0.25) is 0 Å². The van der Waals surface area contributed by atoms with Gasteiger partial charge in [0.1, 0.15) is 0 Å². The monoisotopic (exact) mass is 287 g/mol. The highest BCUT2D eigenvalue weighted by Crippen LogP contribution is 2.43. The Kier molecular flexibility index (Phi) is 4.82. The molecule has 0 radical (unpaired) electrons. The highest BCUT2D eigenvalue weighted by Gasteiger charge is 2.41. The lowest BCUT2D eigenvalue weighted by atomic mass is 9.98. The maximum absolute atomic E-state index is 6.32. The largest absolute Gasteiger partial charge is 0.370 e. The summed E-state index contributed by atoms with van der Waals surface area (Å²) in [7, 11) is 0. The molecule has 1 aliphatic carbocycles. The van der Waals surface area contributed by atoms with E-state index in [2.05, 4.69) is 28.8 Å². The average Bonchev–Trinajstić information content (AvgIpc) is 3.02. The lowest BCUT2D eigenvalue weighted by molar-refractivity contribution is -0.0349. The Morgan fingerprint density at radius 3 is 2.78 bits per heavy atom. The molecule has 2 aliphatic heterocycles. The van der Waals surface area contributed by atoms with Gasteiger partial charge < -0.3 is 10.1 Å². The molecule has 2 nitrogen and oxygen atoms in total. The van der Waals surface area contributed by atoms with Gasteiger partial charge in [0.2, 0.25) is 0 Å². The molecule has 0 aromatic heterocycles. The van der Waals surface area contributed by atoms with E-state index in [1.165, 1.54) is 62.3 Å². The molecule has 2 unspecified atom stereocenters. The SMILES string of the molecule is C1CCC2(C1)CCC(CNCC1CSCCS1)O2. The molecule has 3 fully saturated rings. The van der Waals surface area contributed by atoms with Crippen LogP contribution in [0.4, 0.5) is 0 Å². The van der Waals surface area contributed by atoms with Crippen molar-refractivity contribution in [2.45, 2.75) is 55.5 Å². The van der Waals surface area contributed by atoms with Crippen LogP contribution >= 0.6 is 23.5 Å². The molecule has 3 rings (SSSR count). The molecule has 0 amide bonds. The normalized spacial score (nSPS) is 35.3. The van der Waals surface area contributed by atoms with Gasteiger partial charge in [0.15, 0.2) is 0 Å². The molecule has 1 spiro atoms. The predicted molar refractivity (Wildman–Crippen MR) is 81.7 cm³/mol. The van der Waals surface area contributed by atoms with E-state index in [1.54, 1.807) is 0 Å². The molecule has 3 aliphatic rings. The summed E-state index contributed by atoms with van der Waals surface area (Å²) in [5.41, 5.74) is 0.307. The van der Waals surface area contributed by atoms with Crippen LogP contribution in [0.2, 0.25) is 0 Å². The van der Waals surface area contributed by atoms with Crippen molar-refractivity contribution in [1.29, 1.82) is 0 Å². The number of nitrogens with one attached hydrogen (secondary N) is 1. The van der Waals surface area contributed by atoms with Gasteiger partial charge in [-0.25, -0.2) is 0 Å². The molecular formula is C14H25NOS2. The highest BCUT2D eigenvalue weighted by atomic mass is 32.2. The van der Waals surface area contributed by atoms with E-state index >= 15 is 0 Å². The quantitative estimate of drug-likeness (QED) is 0.858. The van der Waals surface area contributed by atoms with Gasteiger partial charge in [0.25, 0.3) is 0 Å². The third-order valence-corrected chi connectivity index (χ3v) is 7.33. The van der Waals surface area contributed by atoms with E-state index < -0.39 is 0 Å². The molecule has 4 heteroatoms. The summed E-state index contributed by atoms with van der Waals surface area (Å²) in [5.74, 6) is 4.00. The maximum Gasteiger partial charge on any atom is 0.0708 e. The van der Waals surface area contributed by atoms with Crippen LogP contribution in [-0.4, -0.2) is 47.3 Å². The van der Waals surface area contributed by atoms with E-state index in [0.717, 1.165) is 11.8 Å². The van der Waals surface area contributed by atoms with Crippen LogP contribution in [0.15, 0.2) is 0 Å². The Labute approximate surface area is 119 Å². The first-order valence-corrected chi connectivity index (χ1v) is 9.65. The van der Waals surface area contributed by atoms with Crippen LogP contribution in [0.3, 0.4) is 0 Å². The van der Waals surface area contributed by atoms with E-state index in [1.807, 2.05) is 0 Å². The second-order valence-electron chi connectivity index (χ2n) is 5.89. The summed E-state index contributed by atoms with van der Waals surface area (Å²) in [6.07, 6.45) is 8.49. The number of ether oxygens (including phenoxy) is 1. The summed E-state index contributed by atoms with van der Waals surface area (Å²) < 4.78 is 6.32. The van der Waals surface area contributed by atoms with Crippen molar-refractivity contribution in [2.24, 2.45) is 0 Å². The Morgan fingerprint density at radius 1 is 1.11 bits per heavy atom. The molecule has 2 heterocycles. The van der Waals surface area contributed by atoms with Crippen molar-refractivity contribution in [2.75, 3.05) is 30.3 Å². The minimum absolute atomic E-state index is 0.307. The molecule has 18 heavy (non-hydrogen) atoms. The van der Waals surface area contributed by atoms with Gasteiger partial charge in [-0.15, -0.1) is 0 Å². The molecule has 1 N–H and O–H groups in total. The summed E-state index contributed by atoms with van der Waals surface area (Å²) in [6.45, 7) is 2.24. The van der Waals surface area contributed by atoms with Gasteiger partial charge in [0, 0.05) is 35.6 Å². The van der Waals surface area contributed by atoms with Crippen LogP contribution in [-0.2, 0) is 4.74 Å². The third-order valence-electron chi connectivity index (χ3n) is 4.48. The fourth-order valence-electron chi connectivity index (χ4n) is 3.49. The van der Waals surface area contributed by atoms with Crippen molar-refractivity contribution in [3.05, 3.63) is 0 Å². The van der Waals surface area contributed by atoms with Crippen LogP contribution in [0, 0.1) is 0 Å². The van der Waals surface area contributed by atoms with Gasteiger partial charge >= 0.3 is 0 Å². The maximum atomic E-state index is 6.32. The molecule has 0 bridgehead atoms. The average molecular weight is 287 g/mol. The van der Waals surface area contributed by atoms with Crippen LogP contribution < -0.4 is 5.32 Å². The first-order valence-electron chi connectivity index (χ1n) is 7.44. The molecule has 2 saturated heterocycles. The second-order valence-corrected chi connectivity index (χ2v) is 8.45. The van der Waals surface area contributed by atoms with Crippen LogP contribution in [0.1, 0.15) is 38.5 Å². The predicted octanol–water partition coefficient (Wildman–Crippen LogP) is 2.92. The molecule has 2 atom stereocenters. The van der Waals surface area contributed by atoms with Crippen molar-refractivity contribution in [1.82, 2.24) is 5.32 Å². The standard InChI is InChI=1S/C14H25NOS2/c1-2-5-14(4-1)6-3-12(16-14)9-15-10-13-11-17-7-8-18-13/h12-13,15H,1-11H2. The number of rotatable bonds is 4. The Bertz CT molecular complexity index is 263. The zero-order valence-corrected chi connectivity index (χ0v) is 12.8. The number of thioether (sulfide) groups is 2. The van der Waals surface area contributed by atoms with Crippen molar-refractivity contribution >= 4 is 23.5 Å². The lowest BCUT2D eigenvalue weighted by Crippen LogP contribution is -2.35. The third kappa shape index (κ3) is 3.38. The number of hydrogen-bond acceptors (Lipinski definition) is 4. The zero-order chi connectivity index (χ0) is 12.3. The van der Waals surface area contributed by atoms with Gasteiger partial charge in [-0.2, -0.15) is 23.5 Å². The lowest BCUT2D eigenvalue weighted by Gasteiger charge is -2.25. The molecule has 0 aromatic carbocycles. The van der Waals surface area contributed by atoms with E-state index in [0.29, 0.717) is 11.7 Å². The van der Waals surface area contributed by atoms with Gasteiger partial charge in [-0.05, 0) is 25.7 Å². The summed E-state index contributed by atoms with van der Waals surface area (Å²) in [4.78, 5) is 0. The number of hydrogen-bond donors (Lipinski definition) is 1. The van der Waals surface area contributed by atoms with E-state index in [4.69, 9.17) is 4.74 Å². The minimum Gasteiger partial charge on any atom is -0.370 e. The Balaban J connectivity index is 1.34. The van der Waals surface area contributed by atoms with Crippen LogP contribution in [0.5, 0.6) is 0 Å². The first-order chi connectivity index (χ1) is 8.86. The second kappa shape index (κ2) is 6.38. The van der Waals surface area contributed by atoms with Gasteiger partial charge in [-0.1, -0.05) is 12.8 Å². The highest BCUT2D eigenvalue weighted by molar-refractivity contribution is 8.06. The smallest absolute Gasteiger partial charge is 0.0708 e. The molecule has 1 saturated carbocycles. The fraction of sp³-hybridized carbons (Fsp3) is 1.00. The van der Waals surface area contributed by atoms with Crippen LogP contribution in [0.25, 0.3) is 0 Å². The summed E-state index contributed by atoms with van der Waals surface area (Å²) in [6, 6.07) is 0. The van der Waals surface area contributed by atoms with Gasteiger partial charge in [0.05, 0.1) is 11.7 Å². The van der Waals surface area contributed by atoms with Crippen molar-refractivity contribution < 1.29 is 4.74 Å². The van der Waals surface area contributed by atoms with E-state index in [9.17, 15) is 0 Å². The summed E-state index contributed by atoms with van der Waals surface area (Å²) in [5, 5.41) is 4.47. The molecule has 104 valence electrons. The zero-order valence-electron chi connectivity index (χ0n) is 11.2.